The van der Waals surface area contributed by atoms with Crippen molar-refractivity contribution in [3.63, 3.8) is 0 Å². The van der Waals surface area contributed by atoms with Crippen molar-refractivity contribution in [3.8, 4) is 0 Å². The van der Waals surface area contributed by atoms with Crippen molar-refractivity contribution < 1.29 is 9.53 Å². The van der Waals surface area contributed by atoms with Crippen molar-refractivity contribution in [2.24, 2.45) is 0 Å². The van der Waals surface area contributed by atoms with Crippen LogP contribution < -0.4 is 0 Å². The number of benzene rings is 1. The fourth-order valence-corrected chi connectivity index (χ4v) is 2.17. The molecule has 0 aliphatic heterocycles. The highest BCUT2D eigenvalue weighted by atomic mass is 32.2. The van der Waals surface area contributed by atoms with Gasteiger partial charge < -0.3 is 4.74 Å². The first-order valence-electron chi connectivity index (χ1n) is 6.22. The van der Waals surface area contributed by atoms with Crippen LogP contribution in [0, 0.1) is 0 Å². The average Bonchev–Trinajstić information content (AvgIpc) is 2.25. The van der Waals surface area contributed by atoms with Gasteiger partial charge in [-0.2, -0.15) is 0 Å². The van der Waals surface area contributed by atoms with E-state index in [4.69, 9.17) is 4.74 Å². The Labute approximate surface area is 114 Å². The summed E-state index contributed by atoms with van der Waals surface area (Å²) in [7, 11) is 0. The second-order valence-corrected chi connectivity index (χ2v) is 6.65. The van der Waals surface area contributed by atoms with Gasteiger partial charge in [-0.1, -0.05) is 32.9 Å². The Bertz CT molecular complexity index is 388. The molecular formula is C15H22O2S. The van der Waals surface area contributed by atoms with Crippen molar-refractivity contribution >= 4 is 17.7 Å². The maximum atomic E-state index is 11.4. The van der Waals surface area contributed by atoms with E-state index in [0.29, 0.717) is 5.75 Å². The summed E-state index contributed by atoms with van der Waals surface area (Å²) in [6.45, 7) is 10.3. The van der Waals surface area contributed by atoms with E-state index in [1.54, 1.807) is 0 Å². The minimum Gasteiger partial charge on any atom is -0.462 e. The molecule has 0 aliphatic carbocycles. The van der Waals surface area contributed by atoms with Gasteiger partial charge in [0.25, 0.3) is 0 Å². The number of ether oxygens (including phenoxy) is 1. The Kier molecular flexibility index (Phi) is 5.27. The van der Waals surface area contributed by atoms with E-state index in [0.717, 1.165) is 4.90 Å². The Morgan fingerprint density at radius 3 is 2.22 bits per heavy atom. The third-order valence-electron chi connectivity index (χ3n) is 2.44. The lowest BCUT2D eigenvalue weighted by molar-refractivity contribution is -0.144. The van der Waals surface area contributed by atoms with E-state index in [9.17, 15) is 4.79 Å². The van der Waals surface area contributed by atoms with E-state index in [1.165, 1.54) is 17.3 Å². The number of hydrogen-bond acceptors (Lipinski definition) is 3. The number of hydrogen-bond donors (Lipinski definition) is 0. The maximum Gasteiger partial charge on any atom is 0.316 e. The van der Waals surface area contributed by atoms with Gasteiger partial charge in [0.2, 0.25) is 0 Å². The Hall–Kier alpha value is -0.960. The van der Waals surface area contributed by atoms with E-state index in [1.807, 2.05) is 13.8 Å². The summed E-state index contributed by atoms with van der Waals surface area (Å²) in [5, 5.41) is 0. The quantitative estimate of drug-likeness (QED) is 0.608. The zero-order chi connectivity index (χ0) is 13.8. The topological polar surface area (TPSA) is 26.3 Å². The molecule has 0 saturated carbocycles. The van der Waals surface area contributed by atoms with Crippen molar-refractivity contribution in [1.29, 1.82) is 0 Å². The third kappa shape index (κ3) is 5.13. The molecule has 0 N–H and O–H groups in total. The molecule has 0 aliphatic rings. The normalized spacial score (nSPS) is 11.7. The molecule has 0 heterocycles. The average molecular weight is 266 g/mol. The highest BCUT2D eigenvalue weighted by Gasteiger charge is 2.13. The molecule has 0 atom stereocenters. The Morgan fingerprint density at radius 2 is 1.78 bits per heavy atom. The molecule has 0 aromatic heterocycles. The lowest BCUT2D eigenvalue weighted by Gasteiger charge is -2.19. The molecule has 0 saturated heterocycles. The van der Waals surface area contributed by atoms with Crippen LogP contribution in [-0.2, 0) is 14.9 Å². The summed E-state index contributed by atoms with van der Waals surface area (Å²) in [6.07, 6.45) is -0.0404. The summed E-state index contributed by atoms with van der Waals surface area (Å²) in [5.74, 6) is 0.211. The van der Waals surface area contributed by atoms with Crippen molar-refractivity contribution in [2.75, 3.05) is 5.75 Å². The zero-order valence-electron chi connectivity index (χ0n) is 11.8. The van der Waals surface area contributed by atoms with Crippen LogP contribution in [0.15, 0.2) is 29.2 Å². The van der Waals surface area contributed by atoms with Gasteiger partial charge in [-0.25, -0.2) is 0 Å². The fourth-order valence-electron chi connectivity index (χ4n) is 1.49. The lowest BCUT2D eigenvalue weighted by Crippen LogP contribution is -2.13. The number of thioether (sulfide) groups is 1. The first kappa shape index (κ1) is 15.1. The van der Waals surface area contributed by atoms with Crippen LogP contribution in [0.3, 0.4) is 0 Å². The molecule has 0 unspecified atom stereocenters. The SMILES string of the molecule is CC(C)OC(=O)CSc1ccc(C(C)(C)C)cc1. The highest BCUT2D eigenvalue weighted by Crippen LogP contribution is 2.25. The summed E-state index contributed by atoms with van der Waals surface area (Å²) in [5.41, 5.74) is 1.47. The van der Waals surface area contributed by atoms with E-state index < -0.39 is 0 Å². The molecule has 0 radical (unpaired) electrons. The predicted molar refractivity (Wildman–Crippen MR) is 77.1 cm³/mol. The minimum absolute atomic E-state index is 0.0404. The molecule has 1 rings (SSSR count). The highest BCUT2D eigenvalue weighted by molar-refractivity contribution is 8.00. The first-order chi connectivity index (χ1) is 8.29. The van der Waals surface area contributed by atoms with Crippen LogP contribution >= 0.6 is 11.8 Å². The monoisotopic (exact) mass is 266 g/mol. The number of esters is 1. The Morgan fingerprint density at radius 1 is 1.22 bits per heavy atom. The van der Waals surface area contributed by atoms with Gasteiger partial charge >= 0.3 is 5.97 Å². The van der Waals surface area contributed by atoms with Crippen LogP contribution in [0.25, 0.3) is 0 Å². The van der Waals surface area contributed by atoms with E-state index in [-0.39, 0.29) is 17.5 Å². The molecule has 3 heteroatoms. The molecule has 18 heavy (non-hydrogen) atoms. The Balaban J connectivity index is 2.52. The number of rotatable bonds is 4. The van der Waals surface area contributed by atoms with Gasteiger partial charge in [-0.05, 0) is 37.0 Å². The maximum absolute atomic E-state index is 11.4. The second-order valence-electron chi connectivity index (χ2n) is 5.60. The van der Waals surface area contributed by atoms with Crippen molar-refractivity contribution in [2.45, 2.75) is 51.0 Å². The smallest absolute Gasteiger partial charge is 0.316 e. The summed E-state index contributed by atoms with van der Waals surface area (Å²) in [6, 6.07) is 8.37. The minimum atomic E-state index is -0.158. The summed E-state index contributed by atoms with van der Waals surface area (Å²) < 4.78 is 5.09. The van der Waals surface area contributed by atoms with Crippen molar-refractivity contribution in [1.82, 2.24) is 0 Å². The van der Waals surface area contributed by atoms with E-state index in [2.05, 4.69) is 45.0 Å². The summed E-state index contributed by atoms with van der Waals surface area (Å²) >= 11 is 1.52. The van der Waals surface area contributed by atoms with Crippen LogP contribution in [0.2, 0.25) is 0 Å². The molecule has 0 amide bonds. The fraction of sp³-hybridized carbons (Fsp3) is 0.533. The van der Waals surface area contributed by atoms with Gasteiger partial charge in [0, 0.05) is 4.90 Å². The first-order valence-corrected chi connectivity index (χ1v) is 7.20. The molecule has 0 fully saturated rings. The third-order valence-corrected chi connectivity index (χ3v) is 3.43. The summed E-state index contributed by atoms with van der Waals surface area (Å²) in [4.78, 5) is 12.5. The lowest BCUT2D eigenvalue weighted by atomic mass is 9.87. The van der Waals surface area contributed by atoms with Gasteiger partial charge in [-0.3, -0.25) is 4.79 Å². The molecule has 100 valence electrons. The van der Waals surface area contributed by atoms with Gasteiger partial charge in [-0.15, -0.1) is 11.8 Å². The largest absolute Gasteiger partial charge is 0.462 e. The number of carbonyl (C=O) groups excluding carboxylic acids is 1. The molecular weight excluding hydrogens is 244 g/mol. The zero-order valence-corrected chi connectivity index (χ0v) is 12.6. The van der Waals surface area contributed by atoms with Gasteiger partial charge in [0.1, 0.15) is 0 Å². The predicted octanol–water partition coefficient (Wildman–Crippen LogP) is 4.03. The van der Waals surface area contributed by atoms with Crippen LogP contribution in [0.5, 0.6) is 0 Å². The van der Waals surface area contributed by atoms with E-state index >= 15 is 0 Å². The second kappa shape index (κ2) is 6.28. The molecule has 0 spiro atoms. The standard InChI is InChI=1S/C15H22O2S/c1-11(2)17-14(16)10-18-13-8-6-12(7-9-13)15(3,4)5/h6-9,11H,10H2,1-5H3. The molecule has 1 aromatic rings. The van der Waals surface area contributed by atoms with Crippen LogP contribution in [0.1, 0.15) is 40.2 Å². The van der Waals surface area contributed by atoms with Crippen LogP contribution in [0.4, 0.5) is 0 Å². The molecule has 0 bridgehead atoms. The molecule has 2 nitrogen and oxygen atoms in total. The van der Waals surface area contributed by atoms with Gasteiger partial charge in [0.05, 0.1) is 11.9 Å². The number of carbonyl (C=O) groups is 1. The van der Waals surface area contributed by atoms with Crippen LogP contribution in [-0.4, -0.2) is 17.8 Å². The van der Waals surface area contributed by atoms with Crippen molar-refractivity contribution in [3.05, 3.63) is 29.8 Å². The van der Waals surface area contributed by atoms with Gasteiger partial charge in [0.15, 0.2) is 0 Å². The molecule has 1 aromatic carbocycles.